The van der Waals surface area contributed by atoms with Crippen molar-refractivity contribution in [1.82, 2.24) is 0 Å². The lowest BCUT2D eigenvalue weighted by molar-refractivity contribution is -0.145. The summed E-state index contributed by atoms with van der Waals surface area (Å²) in [6, 6.07) is 6.11. The average molecular weight is 197 g/mol. The number of benzene rings is 1. The summed E-state index contributed by atoms with van der Waals surface area (Å²) in [6.07, 6.45) is -1.43. The molecule has 4 N–H and O–H groups in total. The monoisotopic (exact) mass is 197 g/mol. The van der Waals surface area contributed by atoms with E-state index in [1.54, 1.807) is 12.1 Å². The van der Waals surface area contributed by atoms with Crippen molar-refractivity contribution in [3.8, 4) is 5.75 Å². The molecule has 1 atom stereocenters. The van der Waals surface area contributed by atoms with E-state index in [4.69, 9.17) is 15.3 Å². The van der Waals surface area contributed by atoms with E-state index in [0.717, 1.165) is 0 Å². The number of hydrogen-bond donors (Lipinski definition) is 4. The first-order valence-electron chi connectivity index (χ1n) is 4.03. The van der Waals surface area contributed by atoms with Crippen LogP contribution in [0.5, 0.6) is 5.75 Å². The van der Waals surface area contributed by atoms with Crippen molar-refractivity contribution in [3.05, 3.63) is 24.3 Å². The third-order valence-electron chi connectivity index (χ3n) is 1.65. The van der Waals surface area contributed by atoms with Crippen LogP contribution in [0.1, 0.15) is 0 Å². The second-order valence-corrected chi connectivity index (χ2v) is 2.78. The number of carbonyl (C=O) groups is 1. The van der Waals surface area contributed by atoms with Gasteiger partial charge in [-0.1, -0.05) is 0 Å². The van der Waals surface area contributed by atoms with E-state index < -0.39 is 12.1 Å². The second-order valence-electron chi connectivity index (χ2n) is 2.78. The summed E-state index contributed by atoms with van der Waals surface area (Å²) in [7, 11) is 0. The number of carboxylic acids is 1. The van der Waals surface area contributed by atoms with Gasteiger partial charge in [-0.25, -0.2) is 4.79 Å². The van der Waals surface area contributed by atoms with E-state index >= 15 is 0 Å². The minimum atomic E-state index is -1.43. The maximum absolute atomic E-state index is 10.2. The first-order chi connectivity index (χ1) is 6.59. The van der Waals surface area contributed by atoms with Gasteiger partial charge in [-0.05, 0) is 24.3 Å². The Morgan fingerprint density at radius 1 is 1.36 bits per heavy atom. The zero-order valence-electron chi connectivity index (χ0n) is 7.34. The molecule has 0 saturated carbocycles. The fourth-order valence-electron chi connectivity index (χ4n) is 0.881. The minimum Gasteiger partial charge on any atom is -0.508 e. The van der Waals surface area contributed by atoms with Gasteiger partial charge in [0.15, 0.2) is 6.10 Å². The first kappa shape index (κ1) is 10.3. The van der Waals surface area contributed by atoms with Crippen molar-refractivity contribution in [2.45, 2.75) is 6.10 Å². The third kappa shape index (κ3) is 2.95. The van der Waals surface area contributed by atoms with E-state index in [1.807, 2.05) is 0 Å². The van der Waals surface area contributed by atoms with Crippen LogP contribution in [0.25, 0.3) is 0 Å². The largest absolute Gasteiger partial charge is 0.508 e. The maximum Gasteiger partial charge on any atom is 0.334 e. The molecule has 1 aromatic rings. The normalized spacial score (nSPS) is 12.1. The molecule has 0 aliphatic rings. The van der Waals surface area contributed by atoms with Crippen molar-refractivity contribution >= 4 is 11.7 Å². The van der Waals surface area contributed by atoms with Gasteiger partial charge in [0, 0.05) is 5.69 Å². The number of phenols is 1. The number of aromatic hydroxyl groups is 1. The number of aliphatic hydroxyl groups excluding tert-OH is 1. The van der Waals surface area contributed by atoms with Crippen molar-refractivity contribution in [2.24, 2.45) is 0 Å². The molecule has 0 spiro atoms. The molecule has 0 fully saturated rings. The summed E-state index contributed by atoms with van der Waals surface area (Å²) in [5, 5.41) is 29.0. The number of carboxylic acid groups (broad SMARTS) is 1. The van der Waals surface area contributed by atoms with Crippen LogP contribution in [-0.2, 0) is 4.79 Å². The van der Waals surface area contributed by atoms with Gasteiger partial charge in [-0.15, -0.1) is 0 Å². The summed E-state index contributed by atoms with van der Waals surface area (Å²) >= 11 is 0. The van der Waals surface area contributed by atoms with Crippen molar-refractivity contribution in [2.75, 3.05) is 11.9 Å². The number of anilines is 1. The van der Waals surface area contributed by atoms with Gasteiger partial charge in [0.2, 0.25) is 0 Å². The summed E-state index contributed by atoms with van der Waals surface area (Å²) in [5.74, 6) is -1.13. The molecule has 0 amide bonds. The second kappa shape index (κ2) is 4.48. The Kier molecular flexibility index (Phi) is 3.30. The molecule has 0 aliphatic heterocycles. The topological polar surface area (TPSA) is 89.8 Å². The highest BCUT2D eigenvalue weighted by Crippen LogP contribution is 2.13. The van der Waals surface area contributed by atoms with Crippen LogP contribution in [0.15, 0.2) is 24.3 Å². The smallest absolute Gasteiger partial charge is 0.334 e. The Morgan fingerprint density at radius 3 is 2.43 bits per heavy atom. The molecule has 1 rings (SSSR count). The fourth-order valence-corrected chi connectivity index (χ4v) is 0.881. The van der Waals surface area contributed by atoms with Crippen molar-refractivity contribution in [1.29, 1.82) is 0 Å². The van der Waals surface area contributed by atoms with E-state index in [9.17, 15) is 4.79 Å². The van der Waals surface area contributed by atoms with Gasteiger partial charge in [-0.2, -0.15) is 0 Å². The van der Waals surface area contributed by atoms with Gasteiger partial charge in [0.05, 0.1) is 6.54 Å². The predicted octanol–water partition coefficient (Wildman–Crippen LogP) is 0.250. The Balaban J connectivity index is 2.46. The van der Waals surface area contributed by atoms with E-state index in [-0.39, 0.29) is 12.3 Å². The van der Waals surface area contributed by atoms with E-state index in [1.165, 1.54) is 12.1 Å². The zero-order chi connectivity index (χ0) is 10.6. The number of aliphatic carboxylic acids is 1. The molecule has 1 aromatic carbocycles. The Hall–Kier alpha value is -1.75. The summed E-state index contributed by atoms with van der Waals surface area (Å²) < 4.78 is 0. The Morgan fingerprint density at radius 2 is 1.93 bits per heavy atom. The number of aliphatic hydroxyl groups is 1. The van der Waals surface area contributed by atoms with Crippen LogP contribution in [0, 0.1) is 0 Å². The van der Waals surface area contributed by atoms with Gasteiger partial charge >= 0.3 is 5.97 Å². The molecule has 0 heterocycles. The predicted molar refractivity (Wildman–Crippen MR) is 50.2 cm³/mol. The Labute approximate surface area is 80.6 Å². The highest BCUT2D eigenvalue weighted by molar-refractivity contribution is 5.72. The maximum atomic E-state index is 10.2. The molecule has 14 heavy (non-hydrogen) atoms. The lowest BCUT2D eigenvalue weighted by Gasteiger charge is -2.08. The van der Waals surface area contributed by atoms with Crippen LogP contribution < -0.4 is 5.32 Å². The number of nitrogens with one attached hydrogen (secondary N) is 1. The van der Waals surface area contributed by atoms with Crippen LogP contribution in [0.2, 0.25) is 0 Å². The molecule has 76 valence electrons. The van der Waals surface area contributed by atoms with Crippen LogP contribution in [0.4, 0.5) is 5.69 Å². The van der Waals surface area contributed by atoms with Gasteiger partial charge in [0.1, 0.15) is 5.75 Å². The summed E-state index contributed by atoms with van der Waals surface area (Å²) in [4.78, 5) is 10.2. The molecule has 0 radical (unpaired) electrons. The van der Waals surface area contributed by atoms with Crippen LogP contribution in [0.3, 0.4) is 0 Å². The van der Waals surface area contributed by atoms with Gasteiger partial charge in [-0.3, -0.25) is 0 Å². The number of hydrogen-bond acceptors (Lipinski definition) is 4. The van der Waals surface area contributed by atoms with Crippen LogP contribution in [-0.4, -0.2) is 33.9 Å². The summed E-state index contributed by atoms with van der Waals surface area (Å²) in [5.41, 5.74) is 0.642. The lowest BCUT2D eigenvalue weighted by Crippen LogP contribution is -2.28. The fraction of sp³-hybridized carbons (Fsp3) is 0.222. The van der Waals surface area contributed by atoms with Crippen LogP contribution >= 0.6 is 0 Å². The number of phenolic OH excluding ortho intramolecular Hbond substituents is 1. The SMILES string of the molecule is O=C(O)[C@@H](O)CNc1ccc(O)cc1. The summed E-state index contributed by atoms with van der Waals surface area (Å²) in [6.45, 7) is -0.0693. The van der Waals surface area contributed by atoms with Crippen molar-refractivity contribution in [3.63, 3.8) is 0 Å². The minimum absolute atomic E-state index is 0.0693. The molecular formula is C9H11NO4. The van der Waals surface area contributed by atoms with Gasteiger partial charge in [0.25, 0.3) is 0 Å². The molecule has 0 aromatic heterocycles. The highest BCUT2D eigenvalue weighted by Gasteiger charge is 2.11. The molecule has 0 unspecified atom stereocenters. The highest BCUT2D eigenvalue weighted by atomic mass is 16.4. The molecular weight excluding hydrogens is 186 g/mol. The van der Waals surface area contributed by atoms with E-state index in [0.29, 0.717) is 5.69 Å². The lowest BCUT2D eigenvalue weighted by atomic mass is 10.3. The molecule has 0 aliphatic carbocycles. The number of rotatable bonds is 4. The molecule has 0 saturated heterocycles. The molecule has 0 bridgehead atoms. The Bertz CT molecular complexity index is 309. The average Bonchev–Trinajstić information content (AvgIpc) is 2.16. The standard InChI is InChI=1S/C9H11NO4/c11-7-3-1-6(2-4-7)10-5-8(12)9(13)14/h1-4,8,10-12H,5H2,(H,13,14)/t8-/m0/s1. The van der Waals surface area contributed by atoms with E-state index in [2.05, 4.69) is 5.32 Å². The molecule has 5 heteroatoms. The zero-order valence-corrected chi connectivity index (χ0v) is 7.34. The quantitative estimate of drug-likeness (QED) is 0.519. The third-order valence-corrected chi connectivity index (χ3v) is 1.65. The van der Waals surface area contributed by atoms with Gasteiger partial charge < -0.3 is 20.6 Å². The molecule has 5 nitrogen and oxygen atoms in total. The first-order valence-corrected chi connectivity index (χ1v) is 4.03. The van der Waals surface area contributed by atoms with Crippen molar-refractivity contribution < 1.29 is 20.1 Å².